The largest absolute Gasteiger partial charge is 0.547 e. The lowest BCUT2D eigenvalue weighted by molar-refractivity contribution is -0.330. The minimum atomic E-state index is -2.79. The summed E-state index contributed by atoms with van der Waals surface area (Å²) in [5.41, 5.74) is -2.26. The molecule has 3 aliphatic heterocycles. The molecule has 4 aliphatic rings. The van der Waals surface area contributed by atoms with Crippen LogP contribution in [0.1, 0.15) is 57.6 Å². The zero-order chi connectivity index (χ0) is 27.5. The van der Waals surface area contributed by atoms with Gasteiger partial charge < -0.3 is 39.1 Å². The van der Waals surface area contributed by atoms with E-state index >= 15 is 0 Å². The maximum atomic E-state index is 13.4. The number of hydrogen-bond acceptors (Lipinski definition) is 10. The van der Waals surface area contributed by atoms with Gasteiger partial charge >= 0.3 is 5.97 Å². The van der Waals surface area contributed by atoms with Gasteiger partial charge in [0.1, 0.15) is 11.4 Å². The molecule has 1 fully saturated rings. The van der Waals surface area contributed by atoms with Gasteiger partial charge in [-0.25, -0.2) is 4.79 Å². The SMILES string of the molecule is COC1=C[C@]23CCCN2CCc2cc4c(cc2[C@]3(C)[C@@H]1OC(=O)[C@@H](O)[C@](O)(CCC(C)C)C(=O)[O-])OCO4. The van der Waals surface area contributed by atoms with Gasteiger partial charge in [0.05, 0.1) is 24.0 Å². The number of ether oxygens (including phenoxy) is 4. The van der Waals surface area contributed by atoms with E-state index in [1.54, 1.807) is 0 Å². The highest BCUT2D eigenvalue weighted by Crippen LogP contribution is 2.59. The van der Waals surface area contributed by atoms with Crippen LogP contribution in [0.4, 0.5) is 0 Å². The second-order valence-electron chi connectivity index (χ2n) is 11.4. The lowest BCUT2D eigenvalue weighted by atomic mass is 9.65. The fourth-order valence-electron chi connectivity index (χ4n) is 6.81. The molecule has 0 amide bonds. The van der Waals surface area contributed by atoms with Crippen LogP contribution in [-0.2, 0) is 30.9 Å². The molecule has 1 saturated heterocycles. The Hall–Kier alpha value is -2.82. The van der Waals surface area contributed by atoms with Crippen molar-refractivity contribution >= 4 is 11.9 Å². The van der Waals surface area contributed by atoms with Crippen molar-refractivity contribution in [1.29, 1.82) is 0 Å². The standard InChI is InChI=1S/C28H37NO9/c1-16(2)6-9-28(34,25(32)33)22(30)24(31)38-23-21(35-4)14-27-8-5-10-29(27)11-7-17-12-19-20(37-15-36-19)13-18(17)26(23,27)3/h12-14,16,22-23,30,34H,5-11,15H2,1-4H3,(H,32,33)/p-1/t22-,23-,26-,27+,28-/m1/s1. The number of nitrogens with zero attached hydrogens (tertiary/aromatic N) is 1. The maximum Gasteiger partial charge on any atom is 0.339 e. The Morgan fingerprint density at radius 1 is 1.26 bits per heavy atom. The molecule has 1 aliphatic carbocycles. The van der Waals surface area contributed by atoms with Gasteiger partial charge in [-0.05, 0) is 80.8 Å². The third-order valence-electron chi connectivity index (χ3n) is 9.02. The van der Waals surface area contributed by atoms with Crippen molar-refractivity contribution in [2.75, 3.05) is 27.0 Å². The van der Waals surface area contributed by atoms with Gasteiger partial charge in [-0.1, -0.05) is 13.8 Å². The van der Waals surface area contributed by atoms with Crippen LogP contribution in [0.5, 0.6) is 11.5 Å². The lowest BCUT2D eigenvalue weighted by Crippen LogP contribution is -2.61. The number of aliphatic hydroxyl groups excluding tert-OH is 1. The second-order valence-corrected chi connectivity index (χ2v) is 11.4. The average Bonchev–Trinajstić information content (AvgIpc) is 3.56. The van der Waals surface area contributed by atoms with Crippen LogP contribution < -0.4 is 14.6 Å². The number of fused-ring (bicyclic) bond motifs is 3. The number of esters is 1. The number of aliphatic hydroxyl groups is 2. The number of benzene rings is 1. The summed E-state index contributed by atoms with van der Waals surface area (Å²) in [6, 6.07) is 3.91. The molecule has 0 aromatic heterocycles. The summed E-state index contributed by atoms with van der Waals surface area (Å²) in [5.74, 6) is -1.47. The fourth-order valence-corrected chi connectivity index (χ4v) is 6.81. The van der Waals surface area contributed by atoms with Crippen LogP contribution >= 0.6 is 0 Å². The number of carboxylic acids is 1. The van der Waals surface area contributed by atoms with Crippen molar-refractivity contribution < 1.29 is 43.9 Å². The van der Waals surface area contributed by atoms with E-state index in [2.05, 4.69) is 4.90 Å². The van der Waals surface area contributed by atoms with Crippen molar-refractivity contribution in [3.63, 3.8) is 0 Å². The van der Waals surface area contributed by atoms with Gasteiger partial charge in [-0.3, -0.25) is 4.90 Å². The number of aliphatic carboxylic acids is 1. The monoisotopic (exact) mass is 530 g/mol. The molecule has 0 unspecified atom stereocenters. The van der Waals surface area contributed by atoms with E-state index < -0.39 is 40.7 Å². The van der Waals surface area contributed by atoms with Gasteiger partial charge in [0, 0.05) is 6.54 Å². The molecule has 5 rings (SSSR count). The first-order chi connectivity index (χ1) is 18.0. The molecule has 1 aromatic carbocycles. The van der Waals surface area contributed by atoms with E-state index in [0.29, 0.717) is 17.3 Å². The zero-order valence-corrected chi connectivity index (χ0v) is 22.3. The Labute approximate surface area is 222 Å². The summed E-state index contributed by atoms with van der Waals surface area (Å²) in [6.45, 7) is 7.45. The first kappa shape index (κ1) is 26.8. The minimum absolute atomic E-state index is 0.0319. The van der Waals surface area contributed by atoms with E-state index in [4.69, 9.17) is 18.9 Å². The highest BCUT2D eigenvalue weighted by atomic mass is 16.7. The van der Waals surface area contributed by atoms with Crippen LogP contribution in [0.15, 0.2) is 24.0 Å². The highest BCUT2D eigenvalue weighted by Gasteiger charge is 2.66. The summed E-state index contributed by atoms with van der Waals surface area (Å²) in [7, 11) is 1.49. The third-order valence-corrected chi connectivity index (χ3v) is 9.02. The molecule has 10 nitrogen and oxygen atoms in total. The topological polar surface area (TPSA) is 138 Å². The Bertz CT molecular complexity index is 1170. The molecular formula is C28H36NO9-. The minimum Gasteiger partial charge on any atom is -0.547 e. The van der Waals surface area contributed by atoms with Crippen LogP contribution in [0.2, 0.25) is 0 Å². The molecule has 10 heteroatoms. The quantitative estimate of drug-likeness (QED) is 0.464. The van der Waals surface area contributed by atoms with Crippen molar-refractivity contribution in [1.82, 2.24) is 4.90 Å². The predicted molar refractivity (Wildman–Crippen MR) is 132 cm³/mol. The lowest BCUT2D eigenvalue weighted by Gasteiger charge is -2.48. The molecule has 2 N–H and O–H groups in total. The molecule has 0 saturated carbocycles. The van der Waals surface area contributed by atoms with Crippen LogP contribution in [0.25, 0.3) is 0 Å². The van der Waals surface area contributed by atoms with E-state index in [9.17, 15) is 24.9 Å². The molecule has 0 bridgehead atoms. The normalized spacial score (nSPS) is 30.0. The van der Waals surface area contributed by atoms with E-state index in [0.717, 1.165) is 43.5 Å². The first-order valence-corrected chi connectivity index (χ1v) is 13.2. The molecule has 1 aromatic rings. The summed E-state index contributed by atoms with van der Waals surface area (Å²) in [6.07, 6.45) is 1.05. The second kappa shape index (κ2) is 9.43. The molecule has 3 heterocycles. The van der Waals surface area contributed by atoms with Gasteiger partial charge in [-0.15, -0.1) is 0 Å². The number of methoxy groups -OCH3 is 1. The molecule has 38 heavy (non-hydrogen) atoms. The molecular weight excluding hydrogens is 494 g/mol. The van der Waals surface area contributed by atoms with Crippen LogP contribution in [-0.4, -0.2) is 77.4 Å². The number of rotatable bonds is 8. The van der Waals surface area contributed by atoms with E-state index in [1.807, 2.05) is 39.0 Å². The van der Waals surface area contributed by atoms with Crippen LogP contribution in [0.3, 0.4) is 0 Å². The van der Waals surface area contributed by atoms with Gasteiger partial charge in [0.15, 0.2) is 23.7 Å². The number of carboxylic acid groups (broad SMARTS) is 1. The summed E-state index contributed by atoms with van der Waals surface area (Å²) in [5, 5.41) is 33.6. The number of carbonyl (C=O) groups excluding carboxylic acids is 2. The van der Waals surface area contributed by atoms with Crippen molar-refractivity contribution in [2.24, 2.45) is 5.92 Å². The predicted octanol–water partition coefficient (Wildman–Crippen LogP) is 0.798. The van der Waals surface area contributed by atoms with E-state index in [1.165, 1.54) is 7.11 Å². The fraction of sp³-hybridized carbons (Fsp3) is 0.643. The highest BCUT2D eigenvalue weighted by molar-refractivity contribution is 5.87. The number of carbonyl (C=O) groups is 2. The molecule has 208 valence electrons. The molecule has 0 radical (unpaired) electrons. The Morgan fingerprint density at radius 3 is 2.63 bits per heavy atom. The van der Waals surface area contributed by atoms with Crippen molar-refractivity contribution in [2.45, 2.75) is 81.6 Å². The van der Waals surface area contributed by atoms with Crippen molar-refractivity contribution in [3.8, 4) is 11.5 Å². The molecule has 1 spiro atoms. The van der Waals surface area contributed by atoms with Crippen molar-refractivity contribution in [3.05, 3.63) is 35.1 Å². The maximum absolute atomic E-state index is 13.4. The Morgan fingerprint density at radius 2 is 1.97 bits per heavy atom. The smallest absolute Gasteiger partial charge is 0.339 e. The van der Waals surface area contributed by atoms with Gasteiger partial charge in [0.2, 0.25) is 6.79 Å². The van der Waals surface area contributed by atoms with Gasteiger partial charge in [-0.2, -0.15) is 0 Å². The first-order valence-electron chi connectivity index (χ1n) is 13.2. The number of hydrogen-bond donors (Lipinski definition) is 2. The van der Waals surface area contributed by atoms with E-state index in [-0.39, 0.29) is 25.6 Å². The third kappa shape index (κ3) is 3.79. The summed E-state index contributed by atoms with van der Waals surface area (Å²) >= 11 is 0. The summed E-state index contributed by atoms with van der Waals surface area (Å²) < 4.78 is 23.0. The zero-order valence-electron chi connectivity index (χ0n) is 22.3. The van der Waals surface area contributed by atoms with Crippen LogP contribution in [0, 0.1) is 5.92 Å². The Balaban J connectivity index is 1.56. The summed E-state index contributed by atoms with van der Waals surface area (Å²) in [4.78, 5) is 27.7. The van der Waals surface area contributed by atoms with Gasteiger partial charge in [0.25, 0.3) is 0 Å². The Kier molecular flexibility index (Phi) is 6.64. The molecule has 5 atom stereocenters. The average molecular weight is 531 g/mol.